The van der Waals surface area contributed by atoms with Crippen LogP contribution in [0.25, 0.3) is 0 Å². The quantitative estimate of drug-likeness (QED) is 0.595. The number of hydrogen-bond donors (Lipinski definition) is 2. The van der Waals surface area contributed by atoms with Crippen LogP contribution in [0.15, 0.2) is 48.5 Å². The monoisotopic (exact) mass is 402 g/mol. The van der Waals surface area contributed by atoms with Crippen molar-refractivity contribution in [2.24, 2.45) is 0 Å². The van der Waals surface area contributed by atoms with E-state index in [1.165, 1.54) is 0 Å². The van der Waals surface area contributed by atoms with Gasteiger partial charge in [0.1, 0.15) is 23.0 Å². The molecule has 8 heteroatoms. The van der Waals surface area contributed by atoms with Crippen LogP contribution in [0.2, 0.25) is 0 Å². The molecule has 8 nitrogen and oxygen atoms in total. The molecular weight excluding hydrogens is 376 g/mol. The molecule has 2 aromatic rings. The standard InChI is InChI=1S/C21H26N2O6/c1-15(23-21(25)14-29-19-10-6-17(27-3)7-11-19)12-22-20(24)13-28-18-8-4-16(26-2)5-9-18/h4-11,15H,12-14H2,1-3H3,(H,22,24)(H,23,25)/t15-/m1/s1. The minimum Gasteiger partial charge on any atom is -0.497 e. The first kappa shape index (κ1) is 21.9. The zero-order valence-electron chi connectivity index (χ0n) is 16.8. The number of amides is 2. The van der Waals surface area contributed by atoms with E-state index in [1.54, 1.807) is 69.7 Å². The van der Waals surface area contributed by atoms with Crippen molar-refractivity contribution < 1.29 is 28.5 Å². The van der Waals surface area contributed by atoms with Crippen molar-refractivity contribution in [2.75, 3.05) is 34.0 Å². The highest BCUT2D eigenvalue weighted by atomic mass is 16.5. The molecule has 0 bridgehead atoms. The summed E-state index contributed by atoms with van der Waals surface area (Å²) in [7, 11) is 3.16. The van der Waals surface area contributed by atoms with E-state index in [-0.39, 0.29) is 37.6 Å². The summed E-state index contributed by atoms with van der Waals surface area (Å²) >= 11 is 0. The molecule has 0 aliphatic carbocycles. The molecule has 2 rings (SSSR count). The molecule has 2 amide bonds. The van der Waals surface area contributed by atoms with Crippen LogP contribution in [0.3, 0.4) is 0 Å². The fraction of sp³-hybridized carbons (Fsp3) is 0.333. The van der Waals surface area contributed by atoms with Crippen LogP contribution in [0.5, 0.6) is 23.0 Å². The van der Waals surface area contributed by atoms with Crippen molar-refractivity contribution in [1.29, 1.82) is 0 Å². The van der Waals surface area contributed by atoms with Gasteiger partial charge in [-0.15, -0.1) is 0 Å². The lowest BCUT2D eigenvalue weighted by Gasteiger charge is -2.15. The average Bonchev–Trinajstić information content (AvgIpc) is 2.75. The van der Waals surface area contributed by atoms with Gasteiger partial charge in [-0.3, -0.25) is 9.59 Å². The van der Waals surface area contributed by atoms with Crippen molar-refractivity contribution in [2.45, 2.75) is 13.0 Å². The van der Waals surface area contributed by atoms with E-state index >= 15 is 0 Å². The summed E-state index contributed by atoms with van der Waals surface area (Å²) in [5.41, 5.74) is 0. The molecule has 0 aliphatic rings. The Kier molecular flexibility index (Phi) is 8.62. The zero-order valence-corrected chi connectivity index (χ0v) is 16.8. The highest BCUT2D eigenvalue weighted by Gasteiger charge is 2.10. The van der Waals surface area contributed by atoms with Gasteiger partial charge in [0.2, 0.25) is 0 Å². The van der Waals surface area contributed by atoms with Gasteiger partial charge in [-0.05, 0) is 55.5 Å². The molecule has 0 aliphatic heterocycles. The highest BCUT2D eigenvalue weighted by molar-refractivity contribution is 5.79. The molecule has 0 saturated heterocycles. The van der Waals surface area contributed by atoms with Crippen LogP contribution < -0.4 is 29.6 Å². The topological polar surface area (TPSA) is 95.1 Å². The molecule has 0 unspecified atom stereocenters. The lowest BCUT2D eigenvalue weighted by atomic mass is 10.3. The number of ether oxygens (including phenoxy) is 4. The minimum absolute atomic E-state index is 0.117. The van der Waals surface area contributed by atoms with E-state index in [4.69, 9.17) is 18.9 Å². The van der Waals surface area contributed by atoms with Crippen LogP contribution >= 0.6 is 0 Å². The lowest BCUT2D eigenvalue weighted by molar-refractivity contribution is -0.125. The zero-order chi connectivity index (χ0) is 21.1. The summed E-state index contributed by atoms with van der Waals surface area (Å²) in [5.74, 6) is 1.99. The highest BCUT2D eigenvalue weighted by Crippen LogP contribution is 2.17. The summed E-state index contributed by atoms with van der Waals surface area (Å²) in [6, 6.07) is 13.6. The summed E-state index contributed by atoms with van der Waals surface area (Å²) in [6.45, 7) is 1.83. The maximum atomic E-state index is 11.9. The van der Waals surface area contributed by atoms with Gasteiger partial charge in [0.05, 0.1) is 14.2 Å². The van der Waals surface area contributed by atoms with Crippen molar-refractivity contribution in [1.82, 2.24) is 10.6 Å². The molecule has 0 heterocycles. The summed E-state index contributed by atoms with van der Waals surface area (Å²) < 4.78 is 20.9. The van der Waals surface area contributed by atoms with E-state index in [2.05, 4.69) is 10.6 Å². The van der Waals surface area contributed by atoms with Gasteiger partial charge in [0.25, 0.3) is 11.8 Å². The van der Waals surface area contributed by atoms with Crippen LogP contribution in [0.4, 0.5) is 0 Å². The molecule has 2 N–H and O–H groups in total. The number of nitrogens with one attached hydrogen (secondary N) is 2. The van der Waals surface area contributed by atoms with Crippen molar-refractivity contribution in [3.63, 3.8) is 0 Å². The third-order valence-corrected chi connectivity index (χ3v) is 3.87. The van der Waals surface area contributed by atoms with Crippen molar-refractivity contribution >= 4 is 11.8 Å². The van der Waals surface area contributed by atoms with Gasteiger partial charge in [-0.1, -0.05) is 0 Å². The molecule has 0 radical (unpaired) electrons. The third kappa shape index (κ3) is 8.00. The normalized spacial score (nSPS) is 11.1. The van der Waals surface area contributed by atoms with E-state index in [0.717, 1.165) is 0 Å². The Bertz CT molecular complexity index is 777. The maximum Gasteiger partial charge on any atom is 0.258 e. The SMILES string of the molecule is COc1ccc(OCC(=O)NC[C@@H](C)NC(=O)COc2ccc(OC)cc2)cc1. The Hall–Kier alpha value is -3.42. The lowest BCUT2D eigenvalue weighted by Crippen LogP contribution is -2.44. The fourth-order valence-electron chi connectivity index (χ4n) is 2.33. The molecule has 0 aromatic heterocycles. The average molecular weight is 402 g/mol. The van der Waals surface area contributed by atoms with Gasteiger partial charge in [-0.2, -0.15) is 0 Å². The molecule has 2 aromatic carbocycles. The van der Waals surface area contributed by atoms with E-state index in [9.17, 15) is 9.59 Å². The van der Waals surface area contributed by atoms with Crippen LogP contribution in [-0.4, -0.2) is 51.8 Å². The van der Waals surface area contributed by atoms with Gasteiger partial charge in [-0.25, -0.2) is 0 Å². The number of rotatable bonds is 11. The van der Waals surface area contributed by atoms with Gasteiger partial charge in [0, 0.05) is 12.6 Å². The number of carbonyl (C=O) groups is 2. The molecule has 29 heavy (non-hydrogen) atoms. The fourth-order valence-corrected chi connectivity index (χ4v) is 2.33. The van der Waals surface area contributed by atoms with E-state index in [0.29, 0.717) is 23.0 Å². The second kappa shape index (κ2) is 11.4. The minimum atomic E-state index is -0.281. The first-order valence-electron chi connectivity index (χ1n) is 9.10. The smallest absolute Gasteiger partial charge is 0.258 e. The van der Waals surface area contributed by atoms with Gasteiger partial charge >= 0.3 is 0 Å². The first-order chi connectivity index (χ1) is 14.0. The maximum absolute atomic E-state index is 11.9. The van der Waals surface area contributed by atoms with Gasteiger partial charge in [0.15, 0.2) is 13.2 Å². The predicted octanol–water partition coefficient (Wildman–Crippen LogP) is 1.78. The largest absolute Gasteiger partial charge is 0.497 e. The van der Waals surface area contributed by atoms with Crippen molar-refractivity contribution in [3.8, 4) is 23.0 Å². The molecule has 0 saturated carbocycles. The second-order valence-electron chi connectivity index (χ2n) is 6.20. The Labute approximate surface area is 170 Å². The molecule has 0 spiro atoms. The molecular formula is C21H26N2O6. The summed E-state index contributed by atoms with van der Waals surface area (Å²) in [4.78, 5) is 23.8. The Morgan fingerprint density at radius 3 is 1.62 bits per heavy atom. The van der Waals surface area contributed by atoms with Crippen LogP contribution in [0, 0.1) is 0 Å². The number of carbonyl (C=O) groups excluding carboxylic acids is 2. The number of benzene rings is 2. The summed E-state index contributed by atoms with van der Waals surface area (Å²) in [5, 5.41) is 5.47. The Morgan fingerprint density at radius 1 is 0.759 bits per heavy atom. The van der Waals surface area contributed by atoms with Crippen molar-refractivity contribution in [3.05, 3.63) is 48.5 Å². The van der Waals surface area contributed by atoms with E-state index < -0.39 is 0 Å². The third-order valence-electron chi connectivity index (χ3n) is 3.87. The predicted molar refractivity (Wildman–Crippen MR) is 108 cm³/mol. The van der Waals surface area contributed by atoms with Crippen LogP contribution in [-0.2, 0) is 9.59 Å². The van der Waals surface area contributed by atoms with Gasteiger partial charge < -0.3 is 29.6 Å². The molecule has 0 fully saturated rings. The Morgan fingerprint density at radius 2 is 1.17 bits per heavy atom. The Balaban J connectivity index is 1.62. The molecule has 156 valence electrons. The number of hydrogen-bond acceptors (Lipinski definition) is 6. The molecule has 1 atom stereocenters. The second-order valence-corrected chi connectivity index (χ2v) is 6.20. The van der Waals surface area contributed by atoms with E-state index in [1.807, 2.05) is 0 Å². The van der Waals surface area contributed by atoms with Crippen LogP contribution in [0.1, 0.15) is 6.92 Å². The first-order valence-corrected chi connectivity index (χ1v) is 9.10. The summed E-state index contributed by atoms with van der Waals surface area (Å²) in [6.07, 6.45) is 0. The number of methoxy groups -OCH3 is 2.